The van der Waals surface area contributed by atoms with Crippen molar-refractivity contribution in [2.45, 2.75) is 19.4 Å². The second-order valence-electron chi connectivity index (χ2n) is 5.83. The highest BCUT2D eigenvalue weighted by Crippen LogP contribution is 2.18. The molecule has 5 heteroatoms. The maximum atomic E-state index is 12.2. The van der Waals surface area contributed by atoms with E-state index in [1.54, 1.807) is 7.11 Å². The third kappa shape index (κ3) is 6.21. The second-order valence-corrected chi connectivity index (χ2v) is 5.83. The molecule has 0 aliphatic rings. The van der Waals surface area contributed by atoms with E-state index in [1.807, 2.05) is 55.5 Å². The average molecular weight is 343 g/mol. The van der Waals surface area contributed by atoms with Crippen molar-refractivity contribution in [1.29, 1.82) is 0 Å². The first-order valence-corrected chi connectivity index (χ1v) is 8.31. The molecule has 0 saturated carbocycles. The highest BCUT2D eigenvalue weighted by Gasteiger charge is 2.14. The molecule has 0 spiro atoms. The minimum Gasteiger partial charge on any atom is -0.497 e. The van der Waals surface area contributed by atoms with Gasteiger partial charge in [-0.15, -0.1) is 0 Å². The number of ether oxygens (including phenoxy) is 2. The molecule has 2 N–H and O–H groups in total. The van der Waals surface area contributed by atoms with Gasteiger partial charge in [0.05, 0.1) is 32.8 Å². The molecule has 2 rings (SSSR count). The van der Waals surface area contributed by atoms with Gasteiger partial charge in [-0.05, 0) is 30.2 Å². The van der Waals surface area contributed by atoms with E-state index >= 15 is 0 Å². The Balaban J connectivity index is 1.94. The van der Waals surface area contributed by atoms with Gasteiger partial charge in [0.1, 0.15) is 5.75 Å². The number of carbonyl (C=O) groups is 1. The SMILES string of the molecule is COc1cccc(CC(=O)NCC(OCCO)c2ccc(C)cc2)c1. The molecule has 134 valence electrons. The maximum absolute atomic E-state index is 12.2. The number of carbonyl (C=O) groups excluding carboxylic acids is 1. The number of aliphatic hydroxyl groups excluding tert-OH is 1. The minimum absolute atomic E-state index is 0.0554. The normalized spacial score (nSPS) is 11.8. The predicted molar refractivity (Wildman–Crippen MR) is 96.7 cm³/mol. The van der Waals surface area contributed by atoms with Gasteiger partial charge >= 0.3 is 0 Å². The summed E-state index contributed by atoms with van der Waals surface area (Å²) >= 11 is 0. The summed E-state index contributed by atoms with van der Waals surface area (Å²) in [6.45, 7) is 2.54. The van der Waals surface area contributed by atoms with Gasteiger partial charge in [0.15, 0.2) is 0 Å². The highest BCUT2D eigenvalue weighted by molar-refractivity contribution is 5.78. The molecule has 1 atom stereocenters. The highest BCUT2D eigenvalue weighted by atomic mass is 16.5. The fourth-order valence-electron chi connectivity index (χ4n) is 2.49. The Hall–Kier alpha value is -2.37. The molecule has 0 radical (unpaired) electrons. The van der Waals surface area contributed by atoms with Gasteiger partial charge in [-0.3, -0.25) is 4.79 Å². The number of hydrogen-bond donors (Lipinski definition) is 2. The molecule has 0 aliphatic carbocycles. The van der Waals surface area contributed by atoms with Gasteiger partial charge in [0.25, 0.3) is 0 Å². The van der Waals surface area contributed by atoms with E-state index in [9.17, 15) is 4.79 Å². The minimum atomic E-state index is -0.290. The van der Waals surface area contributed by atoms with Crippen LogP contribution in [0.3, 0.4) is 0 Å². The zero-order chi connectivity index (χ0) is 18.1. The smallest absolute Gasteiger partial charge is 0.224 e. The van der Waals surface area contributed by atoms with Crippen LogP contribution in [-0.4, -0.2) is 37.9 Å². The summed E-state index contributed by atoms with van der Waals surface area (Å²) in [6, 6.07) is 15.4. The lowest BCUT2D eigenvalue weighted by atomic mass is 10.1. The van der Waals surface area contributed by atoms with Crippen LogP contribution in [0.25, 0.3) is 0 Å². The summed E-state index contributed by atoms with van der Waals surface area (Å²) in [5, 5.41) is 11.9. The molecule has 0 saturated heterocycles. The molecule has 2 aromatic carbocycles. The third-order valence-electron chi connectivity index (χ3n) is 3.84. The number of benzene rings is 2. The zero-order valence-electron chi connectivity index (χ0n) is 14.7. The average Bonchev–Trinajstić information content (AvgIpc) is 2.63. The van der Waals surface area contributed by atoms with Gasteiger partial charge in [-0.1, -0.05) is 42.0 Å². The van der Waals surface area contributed by atoms with Crippen LogP contribution in [0.1, 0.15) is 22.8 Å². The van der Waals surface area contributed by atoms with E-state index < -0.39 is 0 Å². The molecule has 25 heavy (non-hydrogen) atoms. The van der Waals surface area contributed by atoms with Gasteiger partial charge in [-0.25, -0.2) is 0 Å². The number of methoxy groups -OCH3 is 1. The van der Waals surface area contributed by atoms with Crippen LogP contribution in [0.2, 0.25) is 0 Å². The van der Waals surface area contributed by atoms with Crippen molar-refractivity contribution in [1.82, 2.24) is 5.32 Å². The topological polar surface area (TPSA) is 67.8 Å². The fourth-order valence-corrected chi connectivity index (χ4v) is 2.49. The van der Waals surface area contributed by atoms with E-state index in [4.69, 9.17) is 14.6 Å². The zero-order valence-corrected chi connectivity index (χ0v) is 14.7. The Labute approximate surface area is 148 Å². The quantitative estimate of drug-likeness (QED) is 0.734. The Kier molecular flexibility index (Phi) is 7.44. The van der Waals surface area contributed by atoms with E-state index in [-0.39, 0.29) is 31.6 Å². The number of hydrogen-bond acceptors (Lipinski definition) is 4. The van der Waals surface area contributed by atoms with Gasteiger partial charge < -0.3 is 19.9 Å². The summed E-state index contributed by atoms with van der Waals surface area (Å²) in [6.07, 6.45) is -0.0142. The summed E-state index contributed by atoms with van der Waals surface area (Å²) in [5.74, 6) is 0.645. The van der Waals surface area contributed by atoms with Crippen molar-refractivity contribution in [2.24, 2.45) is 0 Å². The van der Waals surface area contributed by atoms with E-state index in [1.165, 1.54) is 0 Å². The summed E-state index contributed by atoms with van der Waals surface area (Å²) in [4.78, 5) is 12.2. The molecule has 5 nitrogen and oxygen atoms in total. The molecule has 1 unspecified atom stereocenters. The van der Waals surface area contributed by atoms with Crippen LogP contribution < -0.4 is 10.1 Å². The van der Waals surface area contributed by atoms with Crippen molar-refractivity contribution in [3.63, 3.8) is 0 Å². The molecule has 1 amide bonds. The number of rotatable bonds is 9. The van der Waals surface area contributed by atoms with Crippen molar-refractivity contribution in [3.05, 3.63) is 65.2 Å². The number of nitrogens with one attached hydrogen (secondary N) is 1. The lowest BCUT2D eigenvalue weighted by molar-refractivity contribution is -0.121. The first-order chi connectivity index (χ1) is 12.1. The molecular weight excluding hydrogens is 318 g/mol. The fraction of sp³-hybridized carbons (Fsp3) is 0.350. The van der Waals surface area contributed by atoms with E-state index in [0.717, 1.165) is 22.4 Å². The maximum Gasteiger partial charge on any atom is 0.224 e. The third-order valence-corrected chi connectivity index (χ3v) is 3.84. The first kappa shape index (κ1) is 19.0. The van der Waals surface area contributed by atoms with Crippen molar-refractivity contribution < 1.29 is 19.4 Å². The van der Waals surface area contributed by atoms with Crippen LogP contribution in [0.15, 0.2) is 48.5 Å². The lowest BCUT2D eigenvalue weighted by Gasteiger charge is -2.19. The predicted octanol–water partition coefficient (Wildman–Crippen LogP) is 2.41. The summed E-state index contributed by atoms with van der Waals surface area (Å²) in [5.41, 5.74) is 3.02. The van der Waals surface area contributed by atoms with Gasteiger partial charge in [0.2, 0.25) is 5.91 Å². The summed E-state index contributed by atoms with van der Waals surface area (Å²) < 4.78 is 10.8. The second kappa shape index (κ2) is 9.81. The summed E-state index contributed by atoms with van der Waals surface area (Å²) in [7, 11) is 1.60. The van der Waals surface area contributed by atoms with Crippen molar-refractivity contribution >= 4 is 5.91 Å². The molecular formula is C20H25NO4. The number of aryl methyl sites for hydroxylation is 1. The van der Waals surface area contributed by atoms with E-state index in [2.05, 4.69) is 5.32 Å². The Morgan fingerprint density at radius 3 is 2.64 bits per heavy atom. The van der Waals surface area contributed by atoms with Gasteiger partial charge in [0, 0.05) is 6.54 Å². The van der Waals surface area contributed by atoms with Gasteiger partial charge in [-0.2, -0.15) is 0 Å². The first-order valence-electron chi connectivity index (χ1n) is 8.31. The standard InChI is InChI=1S/C20H25NO4/c1-15-6-8-17(9-7-15)19(25-11-10-22)14-21-20(23)13-16-4-3-5-18(12-16)24-2/h3-9,12,19,22H,10-11,13-14H2,1-2H3,(H,21,23). The molecule has 0 aliphatic heterocycles. The molecule has 0 aromatic heterocycles. The Morgan fingerprint density at radius 2 is 1.96 bits per heavy atom. The lowest BCUT2D eigenvalue weighted by Crippen LogP contribution is -2.31. The van der Waals surface area contributed by atoms with Crippen LogP contribution in [0.5, 0.6) is 5.75 Å². The Morgan fingerprint density at radius 1 is 1.20 bits per heavy atom. The Bertz CT molecular complexity index is 670. The van der Waals surface area contributed by atoms with E-state index in [0.29, 0.717) is 6.54 Å². The molecule has 0 fully saturated rings. The molecule has 0 bridgehead atoms. The van der Waals surface area contributed by atoms with Crippen molar-refractivity contribution in [2.75, 3.05) is 26.9 Å². The molecule has 0 heterocycles. The number of amides is 1. The van der Waals surface area contributed by atoms with Crippen LogP contribution in [0, 0.1) is 6.92 Å². The number of aliphatic hydroxyl groups is 1. The van der Waals surface area contributed by atoms with Crippen LogP contribution in [-0.2, 0) is 16.0 Å². The van der Waals surface area contributed by atoms with Crippen LogP contribution >= 0.6 is 0 Å². The molecule has 2 aromatic rings. The van der Waals surface area contributed by atoms with Crippen LogP contribution in [0.4, 0.5) is 0 Å². The largest absolute Gasteiger partial charge is 0.497 e. The monoisotopic (exact) mass is 343 g/mol. The van der Waals surface area contributed by atoms with Crippen molar-refractivity contribution in [3.8, 4) is 5.75 Å².